The van der Waals surface area contributed by atoms with Crippen molar-refractivity contribution in [2.75, 3.05) is 0 Å². The Morgan fingerprint density at radius 3 is 2.15 bits per heavy atom. The highest BCUT2D eigenvalue weighted by atomic mass is 16.6. The van der Waals surface area contributed by atoms with Gasteiger partial charge in [-0.3, -0.25) is 4.79 Å². The van der Waals surface area contributed by atoms with E-state index >= 15 is 0 Å². The monoisotopic (exact) mass is 183 g/mol. The molecular formula is C8H9NO4. The second-order valence-corrected chi connectivity index (χ2v) is 2.52. The summed E-state index contributed by atoms with van der Waals surface area (Å²) in [5, 5.41) is 18.4. The fourth-order valence-electron chi connectivity index (χ4n) is 0.923. The van der Waals surface area contributed by atoms with E-state index in [0.29, 0.717) is 0 Å². The first-order valence-corrected chi connectivity index (χ1v) is 3.50. The van der Waals surface area contributed by atoms with Crippen LogP contribution in [0.2, 0.25) is 0 Å². The molecule has 0 radical (unpaired) electrons. The number of hydrogen-bond acceptors (Lipinski definition) is 5. The minimum absolute atomic E-state index is 0.191. The third kappa shape index (κ3) is 1.70. The van der Waals surface area contributed by atoms with E-state index in [4.69, 9.17) is 5.90 Å². The van der Waals surface area contributed by atoms with E-state index in [0.717, 1.165) is 0 Å². The van der Waals surface area contributed by atoms with Crippen LogP contribution in [0.25, 0.3) is 0 Å². The maximum absolute atomic E-state index is 10.9. The number of carbonyl (C=O) groups excluding carboxylic acids is 1. The Balaban J connectivity index is 3.28. The molecule has 0 saturated heterocycles. The molecule has 0 spiro atoms. The minimum atomic E-state index is -0.368. The first kappa shape index (κ1) is 9.34. The van der Waals surface area contributed by atoms with E-state index in [1.807, 2.05) is 0 Å². The quantitative estimate of drug-likeness (QED) is 0.460. The molecule has 0 aliphatic heterocycles. The molecule has 0 heterocycles. The van der Waals surface area contributed by atoms with Gasteiger partial charge in [-0.1, -0.05) is 0 Å². The average molecular weight is 183 g/mol. The van der Waals surface area contributed by atoms with Crippen molar-refractivity contribution >= 4 is 5.78 Å². The lowest BCUT2D eigenvalue weighted by Crippen LogP contribution is -2.03. The van der Waals surface area contributed by atoms with Crippen LogP contribution in [-0.4, -0.2) is 16.0 Å². The van der Waals surface area contributed by atoms with Crippen LogP contribution in [0.5, 0.6) is 17.2 Å². The van der Waals surface area contributed by atoms with Gasteiger partial charge in [0.15, 0.2) is 17.3 Å². The SMILES string of the molecule is CC(=O)c1cc(O)c(ON)c(O)c1. The highest BCUT2D eigenvalue weighted by molar-refractivity contribution is 5.95. The molecule has 0 saturated carbocycles. The van der Waals surface area contributed by atoms with Gasteiger partial charge in [-0.2, -0.15) is 5.90 Å². The molecule has 0 amide bonds. The van der Waals surface area contributed by atoms with Crippen LogP contribution in [0, 0.1) is 0 Å². The largest absolute Gasteiger partial charge is 0.504 e. The van der Waals surface area contributed by atoms with Gasteiger partial charge in [-0.25, -0.2) is 0 Å². The number of aromatic hydroxyl groups is 2. The molecule has 5 nitrogen and oxygen atoms in total. The van der Waals surface area contributed by atoms with Crippen LogP contribution in [-0.2, 0) is 0 Å². The third-order valence-electron chi connectivity index (χ3n) is 1.57. The summed E-state index contributed by atoms with van der Waals surface area (Å²) in [4.78, 5) is 15.1. The topological polar surface area (TPSA) is 92.8 Å². The van der Waals surface area contributed by atoms with E-state index in [2.05, 4.69) is 4.84 Å². The number of rotatable bonds is 2. The van der Waals surface area contributed by atoms with Crippen molar-refractivity contribution in [3.63, 3.8) is 0 Å². The first-order valence-electron chi connectivity index (χ1n) is 3.50. The van der Waals surface area contributed by atoms with Gasteiger partial charge < -0.3 is 15.1 Å². The molecule has 0 aromatic heterocycles. The van der Waals surface area contributed by atoms with Gasteiger partial charge in [-0.15, -0.1) is 0 Å². The number of nitrogens with two attached hydrogens (primary N) is 1. The average Bonchev–Trinajstić information content (AvgIpc) is 2.03. The van der Waals surface area contributed by atoms with Crippen LogP contribution in [0.4, 0.5) is 0 Å². The standard InChI is InChI=1S/C8H9NO4/c1-4(10)5-2-6(11)8(13-9)7(12)3-5/h2-3,11-12H,9H2,1H3. The maximum atomic E-state index is 10.9. The lowest BCUT2D eigenvalue weighted by molar-refractivity contribution is 0.101. The van der Waals surface area contributed by atoms with Crippen LogP contribution in [0.15, 0.2) is 12.1 Å². The van der Waals surface area contributed by atoms with Gasteiger partial charge in [0.1, 0.15) is 0 Å². The second-order valence-electron chi connectivity index (χ2n) is 2.52. The van der Waals surface area contributed by atoms with Gasteiger partial charge in [0, 0.05) is 5.56 Å². The van der Waals surface area contributed by atoms with Crippen molar-refractivity contribution in [1.82, 2.24) is 0 Å². The van der Waals surface area contributed by atoms with Crippen LogP contribution in [0.3, 0.4) is 0 Å². The van der Waals surface area contributed by atoms with Crippen molar-refractivity contribution in [3.8, 4) is 17.2 Å². The number of phenolic OH excluding ortho intramolecular Hbond substituents is 2. The zero-order chi connectivity index (χ0) is 10.0. The fraction of sp³-hybridized carbons (Fsp3) is 0.125. The number of benzene rings is 1. The molecule has 1 aromatic rings. The molecule has 1 rings (SSSR count). The molecule has 0 aliphatic rings. The van der Waals surface area contributed by atoms with E-state index in [9.17, 15) is 15.0 Å². The van der Waals surface area contributed by atoms with Gasteiger partial charge in [0.05, 0.1) is 0 Å². The molecule has 0 unspecified atom stereocenters. The Kier molecular flexibility index (Phi) is 2.39. The number of Topliss-reactive ketones (excluding diaryl/α,β-unsaturated/α-hetero) is 1. The Morgan fingerprint density at radius 2 is 1.85 bits per heavy atom. The lowest BCUT2D eigenvalue weighted by Gasteiger charge is -2.05. The Labute approximate surface area is 74.3 Å². The number of hydrogen-bond donors (Lipinski definition) is 3. The fourth-order valence-corrected chi connectivity index (χ4v) is 0.923. The van der Waals surface area contributed by atoms with Gasteiger partial charge in [-0.05, 0) is 19.1 Å². The first-order chi connectivity index (χ1) is 6.06. The smallest absolute Gasteiger partial charge is 0.229 e. The number of phenols is 2. The van der Waals surface area contributed by atoms with Crippen molar-refractivity contribution in [1.29, 1.82) is 0 Å². The molecule has 4 N–H and O–H groups in total. The normalized spacial score (nSPS) is 9.69. The van der Waals surface area contributed by atoms with Crippen LogP contribution >= 0.6 is 0 Å². The number of ketones is 1. The molecule has 0 atom stereocenters. The Morgan fingerprint density at radius 1 is 1.38 bits per heavy atom. The molecule has 0 aliphatic carbocycles. The molecular weight excluding hydrogens is 174 g/mol. The van der Waals surface area contributed by atoms with Crippen LogP contribution in [0.1, 0.15) is 17.3 Å². The van der Waals surface area contributed by atoms with Gasteiger partial charge in [0.25, 0.3) is 0 Å². The highest BCUT2D eigenvalue weighted by Crippen LogP contribution is 2.35. The van der Waals surface area contributed by atoms with E-state index < -0.39 is 0 Å². The third-order valence-corrected chi connectivity index (χ3v) is 1.57. The summed E-state index contributed by atoms with van der Waals surface area (Å²) in [5.41, 5.74) is 0.191. The Hall–Kier alpha value is -1.75. The summed E-state index contributed by atoms with van der Waals surface area (Å²) in [5.74, 6) is 3.52. The molecule has 70 valence electrons. The van der Waals surface area contributed by atoms with Gasteiger partial charge in [0.2, 0.25) is 5.75 Å². The van der Waals surface area contributed by atoms with Crippen LogP contribution < -0.4 is 10.7 Å². The summed E-state index contributed by atoms with van der Waals surface area (Å²) in [6.45, 7) is 1.32. The second kappa shape index (κ2) is 3.32. The molecule has 0 bridgehead atoms. The van der Waals surface area contributed by atoms with Gasteiger partial charge >= 0.3 is 0 Å². The lowest BCUT2D eigenvalue weighted by atomic mass is 10.1. The predicted octanol–water partition coefficient (Wildman–Crippen LogP) is 0.553. The summed E-state index contributed by atoms with van der Waals surface area (Å²) in [6.07, 6.45) is 0. The summed E-state index contributed by atoms with van der Waals surface area (Å²) >= 11 is 0. The highest BCUT2D eigenvalue weighted by Gasteiger charge is 2.12. The van der Waals surface area contributed by atoms with E-state index in [1.54, 1.807) is 0 Å². The van der Waals surface area contributed by atoms with E-state index in [1.165, 1.54) is 19.1 Å². The van der Waals surface area contributed by atoms with E-state index in [-0.39, 0.29) is 28.6 Å². The number of carbonyl (C=O) groups is 1. The minimum Gasteiger partial charge on any atom is -0.504 e. The summed E-state index contributed by atoms with van der Waals surface area (Å²) in [7, 11) is 0. The summed E-state index contributed by atoms with van der Waals surface area (Å²) < 4.78 is 0. The molecule has 5 heteroatoms. The van der Waals surface area contributed by atoms with Crippen molar-refractivity contribution in [2.24, 2.45) is 5.90 Å². The molecule has 1 aromatic carbocycles. The maximum Gasteiger partial charge on any atom is 0.229 e. The summed E-state index contributed by atoms with van der Waals surface area (Å²) in [6, 6.07) is 2.34. The molecule has 0 fully saturated rings. The van der Waals surface area contributed by atoms with Crippen molar-refractivity contribution in [2.45, 2.75) is 6.92 Å². The van der Waals surface area contributed by atoms with Crippen molar-refractivity contribution < 1.29 is 19.8 Å². The molecule has 13 heavy (non-hydrogen) atoms. The zero-order valence-corrected chi connectivity index (χ0v) is 6.94. The predicted molar refractivity (Wildman–Crippen MR) is 44.6 cm³/mol. The van der Waals surface area contributed by atoms with Crippen molar-refractivity contribution in [3.05, 3.63) is 17.7 Å². The zero-order valence-electron chi connectivity index (χ0n) is 6.94. The Bertz CT molecular complexity index is 325.